The van der Waals surface area contributed by atoms with Crippen LogP contribution in [0.1, 0.15) is 39.0 Å². The van der Waals surface area contributed by atoms with Gasteiger partial charge in [0.25, 0.3) is 0 Å². The fraction of sp³-hybridized carbons (Fsp3) is 0.292. The van der Waals surface area contributed by atoms with Crippen LogP contribution in [-0.2, 0) is 16.0 Å². The zero-order chi connectivity index (χ0) is 20.9. The van der Waals surface area contributed by atoms with Crippen LogP contribution in [0.25, 0.3) is 11.3 Å². The van der Waals surface area contributed by atoms with E-state index in [0.717, 1.165) is 22.5 Å². The van der Waals surface area contributed by atoms with E-state index in [-0.39, 0.29) is 5.97 Å². The first-order valence-corrected chi connectivity index (χ1v) is 9.76. The van der Waals surface area contributed by atoms with Gasteiger partial charge in [-0.1, -0.05) is 60.7 Å². The number of ether oxygens (including phenoxy) is 1. The summed E-state index contributed by atoms with van der Waals surface area (Å²) in [5, 5.41) is 3.18. The van der Waals surface area contributed by atoms with Gasteiger partial charge >= 0.3 is 5.97 Å². The van der Waals surface area contributed by atoms with Gasteiger partial charge in [0.15, 0.2) is 0 Å². The summed E-state index contributed by atoms with van der Waals surface area (Å²) in [6.45, 7) is 7.33. The lowest BCUT2D eigenvalue weighted by Gasteiger charge is -2.23. The molecule has 1 atom stereocenters. The third-order valence-electron chi connectivity index (χ3n) is 4.24. The SMILES string of the molecule is CC(Nc1ncc(-c2ccccc2)nc1Cc1ccccc1)C(=O)OC(C)(C)C. The molecule has 2 aromatic carbocycles. The largest absolute Gasteiger partial charge is 0.458 e. The molecule has 5 heteroatoms. The lowest BCUT2D eigenvalue weighted by molar-refractivity contribution is -0.155. The average Bonchev–Trinajstić information content (AvgIpc) is 2.69. The highest BCUT2D eigenvalue weighted by molar-refractivity contribution is 5.79. The molecule has 1 heterocycles. The second kappa shape index (κ2) is 8.86. The molecule has 0 saturated carbocycles. The first kappa shape index (κ1) is 20.5. The zero-order valence-electron chi connectivity index (χ0n) is 17.3. The normalized spacial score (nSPS) is 12.3. The number of nitrogens with one attached hydrogen (secondary N) is 1. The van der Waals surface area contributed by atoms with Crippen molar-refractivity contribution < 1.29 is 9.53 Å². The summed E-state index contributed by atoms with van der Waals surface area (Å²) in [6.07, 6.45) is 2.34. The highest BCUT2D eigenvalue weighted by Gasteiger charge is 2.23. The van der Waals surface area contributed by atoms with Gasteiger partial charge in [-0.05, 0) is 33.3 Å². The second-order valence-electron chi connectivity index (χ2n) is 7.98. The van der Waals surface area contributed by atoms with Crippen LogP contribution < -0.4 is 5.32 Å². The van der Waals surface area contributed by atoms with Gasteiger partial charge in [0.2, 0.25) is 0 Å². The van der Waals surface area contributed by atoms with Gasteiger partial charge in [-0.3, -0.25) is 0 Å². The quantitative estimate of drug-likeness (QED) is 0.609. The van der Waals surface area contributed by atoms with Gasteiger partial charge in [0, 0.05) is 12.0 Å². The number of carbonyl (C=O) groups excluding carboxylic acids is 1. The monoisotopic (exact) mass is 389 g/mol. The van der Waals surface area contributed by atoms with Crippen molar-refractivity contribution in [2.75, 3.05) is 5.32 Å². The van der Waals surface area contributed by atoms with E-state index in [4.69, 9.17) is 9.72 Å². The first-order valence-electron chi connectivity index (χ1n) is 9.76. The van der Waals surface area contributed by atoms with Crippen LogP contribution in [0.3, 0.4) is 0 Å². The maximum absolute atomic E-state index is 12.4. The number of benzene rings is 2. The van der Waals surface area contributed by atoms with Crippen LogP contribution in [0.15, 0.2) is 66.9 Å². The van der Waals surface area contributed by atoms with Crippen molar-refractivity contribution in [1.82, 2.24) is 9.97 Å². The minimum Gasteiger partial charge on any atom is -0.458 e. The van der Waals surface area contributed by atoms with Crippen LogP contribution in [0.2, 0.25) is 0 Å². The fourth-order valence-electron chi connectivity index (χ4n) is 2.86. The van der Waals surface area contributed by atoms with Gasteiger partial charge < -0.3 is 10.1 Å². The highest BCUT2D eigenvalue weighted by atomic mass is 16.6. The number of hydrogen-bond acceptors (Lipinski definition) is 5. The van der Waals surface area contributed by atoms with Gasteiger partial charge in [-0.15, -0.1) is 0 Å². The molecule has 0 aliphatic carbocycles. The predicted molar refractivity (Wildman–Crippen MR) is 116 cm³/mol. The third kappa shape index (κ3) is 5.88. The topological polar surface area (TPSA) is 64.1 Å². The molecule has 150 valence electrons. The van der Waals surface area contributed by atoms with Crippen molar-refractivity contribution in [1.29, 1.82) is 0 Å². The Morgan fingerprint density at radius 3 is 2.28 bits per heavy atom. The van der Waals surface area contributed by atoms with Gasteiger partial charge in [-0.2, -0.15) is 0 Å². The molecule has 1 N–H and O–H groups in total. The minimum absolute atomic E-state index is 0.322. The summed E-state index contributed by atoms with van der Waals surface area (Å²) in [4.78, 5) is 21.8. The summed E-state index contributed by atoms with van der Waals surface area (Å²) in [5.41, 5.74) is 3.17. The maximum Gasteiger partial charge on any atom is 0.328 e. The minimum atomic E-state index is -0.541. The summed E-state index contributed by atoms with van der Waals surface area (Å²) >= 11 is 0. The molecule has 0 amide bonds. The van der Waals surface area contributed by atoms with Gasteiger partial charge in [-0.25, -0.2) is 14.8 Å². The Labute approximate surface area is 172 Å². The van der Waals surface area contributed by atoms with E-state index < -0.39 is 11.6 Å². The van der Waals surface area contributed by atoms with E-state index in [9.17, 15) is 4.79 Å². The van der Waals surface area contributed by atoms with Gasteiger partial charge in [0.1, 0.15) is 17.5 Å². The Morgan fingerprint density at radius 2 is 1.66 bits per heavy atom. The first-order chi connectivity index (χ1) is 13.8. The van der Waals surface area contributed by atoms with Crippen molar-refractivity contribution in [3.63, 3.8) is 0 Å². The molecule has 0 aliphatic heterocycles. The molecule has 0 spiro atoms. The molecule has 3 aromatic rings. The van der Waals surface area contributed by atoms with E-state index in [1.54, 1.807) is 13.1 Å². The Bertz CT molecular complexity index is 951. The average molecular weight is 389 g/mol. The van der Waals surface area contributed by atoms with Crippen LogP contribution in [-0.4, -0.2) is 27.6 Å². The van der Waals surface area contributed by atoms with E-state index in [1.165, 1.54) is 0 Å². The van der Waals surface area contributed by atoms with Crippen molar-refractivity contribution in [2.24, 2.45) is 0 Å². The van der Waals surface area contributed by atoms with Crippen molar-refractivity contribution >= 4 is 11.8 Å². The Morgan fingerprint density at radius 1 is 1.03 bits per heavy atom. The molecule has 1 unspecified atom stereocenters. The number of anilines is 1. The molecule has 0 radical (unpaired) electrons. The van der Waals surface area contributed by atoms with Crippen molar-refractivity contribution in [3.05, 3.63) is 78.1 Å². The standard InChI is InChI=1S/C24H27N3O2/c1-17(23(28)29-24(2,3)4)26-22-20(15-18-11-7-5-8-12-18)27-21(16-25-22)19-13-9-6-10-14-19/h5-14,16-17H,15H2,1-4H3,(H,25,26). The number of rotatable bonds is 6. The van der Waals surface area contributed by atoms with Crippen LogP contribution >= 0.6 is 0 Å². The molecule has 1 aromatic heterocycles. The Hall–Kier alpha value is -3.21. The lowest BCUT2D eigenvalue weighted by Crippen LogP contribution is -2.35. The molecule has 5 nitrogen and oxygen atoms in total. The Balaban J connectivity index is 1.89. The maximum atomic E-state index is 12.4. The third-order valence-corrected chi connectivity index (χ3v) is 4.24. The summed E-state index contributed by atoms with van der Waals surface area (Å²) in [6, 6.07) is 19.5. The second-order valence-corrected chi connectivity index (χ2v) is 7.98. The molecule has 29 heavy (non-hydrogen) atoms. The predicted octanol–water partition coefficient (Wildman–Crippen LogP) is 4.88. The molecule has 0 saturated heterocycles. The lowest BCUT2D eigenvalue weighted by atomic mass is 10.1. The van der Waals surface area contributed by atoms with Crippen molar-refractivity contribution in [3.8, 4) is 11.3 Å². The van der Waals surface area contributed by atoms with E-state index in [0.29, 0.717) is 12.2 Å². The van der Waals surface area contributed by atoms with Crippen LogP contribution in [0.5, 0.6) is 0 Å². The summed E-state index contributed by atoms with van der Waals surface area (Å²) < 4.78 is 5.47. The molecular formula is C24H27N3O2. The number of aromatic nitrogens is 2. The highest BCUT2D eigenvalue weighted by Crippen LogP contribution is 2.22. The molecule has 0 bridgehead atoms. The van der Waals surface area contributed by atoms with E-state index in [2.05, 4.69) is 22.4 Å². The number of esters is 1. The Kier molecular flexibility index (Phi) is 6.27. The fourth-order valence-corrected chi connectivity index (χ4v) is 2.86. The molecule has 3 rings (SSSR count). The van der Waals surface area contributed by atoms with Crippen LogP contribution in [0, 0.1) is 0 Å². The molecule has 0 fully saturated rings. The summed E-state index contributed by atoms with van der Waals surface area (Å²) in [5.74, 6) is 0.268. The number of hydrogen-bond donors (Lipinski definition) is 1. The zero-order valence-corrected chi connectivity index (χ0v) is 17.3. The van der Waals surface area contributed by atoms with Crippen molar-refractivity contribution in [2.45, 2.75) is 45.8 Å². The number of nitrogens with zero attached hydrogens (tertiary/aromatic N) is 2. The smallest absolute Gasteiger partial charge is 0.328 e. The number of carbonyl (C=O) groups is 1. The molecular weight excluding hydrogens is 362 g/mol. The van der Waals surface area contributed by atoms with E-state index in [1.807, 2.05) is 69.3 Å². The van der Waals surface area contributed by atoms with Gasteiger partial charge in [0.05, 0.1) is 17.6 Å². The molecule has 0 aliphatic rings. The van der Waals surface area contributed by atoms with Crippen LogP contribution in [0.4, 0.5) is 5.82 Å². The summed E-state index contributed by atoms with van der Waals surface area (Å²) in [7, 11) is 0. The van der Waals surface area contributed by atoms with E-state index >= 15 is 0 Å².